The van der Waals surface area contributed by atoms with Crippen LogP contribution >= 0.6 is 23.2 Å². The Morgan fingerprint density at radius 1 is 1.25 bits per heavy atom. The smallest absolute Gasteiger partial charge is 0.253 e. The van der Waals surface area contributed by atoms with Crippen molar-refractivity contribution in [1.82, 2.24) is 4.90 Å². The average Bonchev–Trinajstić information content (AvgIpc) is 3.16. The van der Waals surface area contributed by atoms with Gasteiger partial charge in [0.15, 0.2) is 0 Å². The Labute approximate surface area is 128 Å². The van der Waals surface area contributed by atoms with Crippen molar-refractivity contribution in [1.29, 1.82) is 0 Å². The minimum absolute atomic E-state index is 0.00101. The first-order valence-corrected chi connectivity index (χ1v) is 7.75. The molecule has 3 rings (SSSR count). The fourth-order valence-corrected chi connectivity index (χ4v) is 2.72. The Hall–Kier alpha value is -0.770. The van der Waals surface area contributed by atoms with Crippen LogP contribution in [0, 0.1) is 5.92 Å². The molecule has 0 aromatic heterocycles. The second-order valence-corrected chi connectivity index (χ2v) is 6.38. The van der Waals surface area contributed by atoms with Crippen LogP contribution in [0.15, 0.2) is 18.2 Å². The SMILES string of the molecule is O=C(c1ccc(Cl)c(Cl)c1)N1CCC(OCC2CC2)C1. The van der Waals surface area contributed by atoms with Gasteiger partial charge in [-0.15, -0.1) is 0 Å². The predicted molar refractivity (Wildman–Crippen MR) is 79.4 cm³/mol. The third-order valence-corrected chi connectivity index (χ3v) is 4.60. The van der Waals surface area contributed by atoms with Gasteiger partial charge in [-0.05, 0) is 43.4 Å². The molecule has 0 radical (unpaired) electrons. The van der Waals surface area contributed by atoms with Crippen LogP contribution in [0.5, 0.6) is 0 Å². The Balaban J connectivity index is 1.58. The summed E-state index contributed by atoms with van der Waals surface area (Å²) in [6, 6.07) is 5.01. The van der Waals surface area contributed by atoms with Crippen molar-refractivity contribution in [3.63, 3.8) is 0 Å². The topological polar surface area (TPSA) is 29.5 Å². The zero-order valence-electron chi connectivity index (χ0n) is 11.1. The molecule has 0 N–H and O–H groups in total. The number of likely N-dealkylation sites (tertiary alicyclic amines) is 1. The van der Waals surface area contributed by atoms with E-state index in [0.717, 1.165) is 25.5 Å². The van der Waals surface area contributed by atoms with Gasteiger partial charge in [-0.3, -0.25) is 4.79 Å². The minimum Gasteiger partial charge on any atom is -0.376 e. The van der Waals surface area contributed by atoms with Crippen molar-refractivity contribution in [2.45, 2.75) is 25.4 Å². The maximum Gasteiger partial charge on any atom is 0.253 e. The van der Waals surface area contributed by atoms with E-state index < -0.39 is 0 Å². The van der Waals surface area contributed by atoms with Crippen LogP contribution in [0.25, 0.3) is 0 Å². The highest BCUT2D eigenvalue weighted by molar-refractivity contribution is 6.42. The molecule has 3 nitrogen and oxygen atoms in total. The predicted octanol–water partition coefficient (Wildman–Crippen LogP) is 3.63. The number of rotatable bonds is 4. The summed E-state index contributed by atoms with van der Waals surface area (Å²) in [6.45, 7) is 2.26. The second-order valence-electron chi connectivity index (χ2n) is 5.57. The van der Waals surface area contributed by atoms with Crippen molar-refractivity contribution in [3.05, 3.63) is 33.8 Å². The Morgan fingerprint density at radius 2 is 2.05 bits per heavy atom. The van der Waals surface area contributed by atoms with E-state index in [9.17, 15) is 4.79 Å². The molecular weight excluding hydrogens is 297 g/mol. The van der Waals surface area contributed by atoms with Crippen molar-refractivity contribution < 1.29 is 9.53 Å². The molecule has 1 aromatic carbocycles. The lowest BCUT2D eigenvalue weighted by molar-refractivity contribution is 0.0480. The molecule has 2 aliphatic rings. The summed E-state index contributed by atoms with van der Waals surface area (Å²) in [6.07, 6.45) is 3.68. The average molecular weight is 314 g/mol. The van der Waals surface area contributed by atoms with Crippen LogP contribution < -0.4 is 0 Å². The molecule has 1 aliphatic heterocycles. The van der Waals surface area contributed by atoms with E-state index in [1.165, 1.54) is 12.8 Å². The molecule has 1 aliphatic carbocycles. The summed E-state index contributed by atoms with van der Waals surface area (Å²) in [5, 5.41) is 0.883. The summed E-state index contributed by atoms with van der Waals surface area (Å²) < 4.78 is 5.84. The maximum absolute atomic E-state index is 12.4. The Morgan fingerprint density at radius 3 is 2.75 bits per heavy atom. The monoisotopic (exact) mass is 313 g/mol. The van der Waals surface area contributed by atoms with Gasteiger partial charge in [0.1, 0.15) is 0 Å². The molecule has 108 valence electrons. The van der Waals surface area contributed by atoms with E-state index in [-0.39, 0.29) is 12.0 Å². The van der Waals surface area contributed by atoms with Crippen LogP contribution in [-0.4, -0.2) is 36.6 Å². The van der Waals surface area contributed by atoms with Gasteiger partial charge in [0, 0.05) is 25.3 Å². The molecule has 1 unspecified atom stereocenters. The van der Waals surface area contributed by atoms with Crippen LogP contribution in [0.2, 0.25) is 10.0 Å². The van der Waals surface area contributed by atoms with Gasteiger partial charge in [0.2, 0.25) is 0 Å². The summed E-state index contributed by atoms with van der Waals surface area (Å²) >= 11 is 11.8. The minimum atomic E-state index is 0.00101. The van der Waals surface area contributed by atoms with Gasteiger partial charge in [-0.1, -0.05) is 23.2 Å². The van der Waals surface area contributed by atoms with Crippen molar-refractivity contribution in [3.8, 4) is 0 Å². The van der Waals surface area contributed by atoms with Crippen molar-refractivity contribution in [2.75, 3.05) is 19.7 Å². The largest absolute Gasteiger partial charge is 0.376 e. The molecule has 1 atom stereocenters. The van der Waals surface area contributed by atoms with Crippen LogP contribution in [0.1, 0.15) is 29.6 Å². The highest BCUT2D eigenvalue weighted by Gasteiger charge is 2.30. The van der Waals surface area contributed by atoms with Crippen LogP contribution in [0.3, 0.4) is 0 Å². The lowest BCUT2D eigenvalue weighted by atomic mass is 10.2. The molecule has 0 spiro atoms. The molecule has 0 bridgehead atoms. The van der Waals surface area contributed by atoms with E-state index in [1.807, 2.05) is 4.90 Å². The fraction of sp³-hybridized carbons (Fsp3) is 0.533. The Bertz CT molecular complexity index is 517. The molecule has 2 fully saturated rings. The van der Waals surface area contributed by atoms with Crippen LogP contribution in [-0.2, 0) is 4.74 Å². The number of ether oxygens (including phenoxy) is 1. The van der Waals surface area contributed by atoms with Crippen LogP contribution in [0.4, 0.5) is 0 Å². The van der Waals surface area contributed by atoms with E-state index >= 15 is 0 Å². The highest BCUT2D eigenvalue weighted by atomic mass is 35.5. The number of benzene rings is 1. The van der Waals surface area contributed by atoms with Gasteiger partial charge < -0.3 is 9.64 Å². The zero-order valence-corrected chi connectivity index (χ0v) is 12.7. The maximum atomic E-state index is 12.4. The second kappa shape index (κ2) is 5.92. The first-order valence-electron chi connectivity index (χ1n) is 6.99. The van der Waals surface area contributed by atoms with E-state index in [1.54, 1.807) is 18.2 Å². The van der Waals surface area contributed by atoms with Gasteiger partial charge in [-0.25, -0.2) is 0 Å². The zero-order chi connectivity index (χ0) is 14.1. The number of nitrogens with zero attached hydrogens (tertiary/aromatic N) is 1. The van der Waals surface area contributed by atoms with E-state index in [2.05, 4.69) is 0 Å². The molecular formula is C15H17Cl2NO2. The number of amides is 1. The van der Waals surface area contributed by atoms with E-state index in [4.69, 9.17) is 27.9 Å². The van der Waals surface area contributed by atoms with Crippen molar-refractivity contribution >= 4 is 29.1 Å². The highest BCUT2D eigenvalue weighted by Crippen LogP contribution is 2.30. The number of hydrogen-bond acceptors (Lipinski definition) is 2. The Kier molecular flexibility index (Phi) is 4.20. The third-order valence-electron chi connectivity index (χ3n) is 3.86. The third kappa shape index (κ3) is 3.27. The van der Waals surface area contributed by atoms with Gasteiger partial charge >= 0.3 is 0 Å². The summed E-state index contributed by atoms with van der Waals surface area (Å²) in [7, 11) is 0. The lowest BCUT2D eigenvalue weighted by Gasteiger charge is -2.17. The molecule has 1 amide bonds. The molecule has 5 heteroatoms. The first kappa shape index (κ1) is 14.2. The molecule has 1 aromatic rings. The quantitative estimate of drug-likeness (QED) is 0.849. The van der Waals surface area contributed by atoms with Gasteiger partial charge in [-0.2, -0.15) is 0 Å². The number of halogens is 2. The molecule has 1 saturated carbocycles. The summed E-state index contributed by atoms with van der Waals surface area (Å²) in [5.41, 5.74) is 0.585. The lowest BCUT2D eigenvalue weighted by Crippen LogP contribution is -2.30. The van der Waals surface area contributed by atoms with E-state index in [0.29, 0.717) is 22.2 Å². The summed E-state index contributed by atoms with van der Waals surface area (Å²) in [5.74, 6) is 0.760. The summed E-state index contributed by atoms with van der Waals surface area (Å²) in [4.78, 5) is 14.2. The molecule has 1 saturated heterocycles. The molecule has 20 heavy (non-hydrogen) atoms. The standard InChI is InChI=1S/C15H17Cl2NO2/c16-13-4-3-11(7-14(13)17)15(19)18-6-5-12(8-18)20-9-10-1-2-10/h3-4,7,10,12H,1-2,5-6,8-9H2. The normalized spacial score (nSPS) is 22.3. The first-order chi connectivity index (χ1) is 9.63. The van der Waals surface area contributed by atoms with Gasteiger partial charge in [0.05, 0.1) is 16.1 Å². The van der Waals surface area contributed by atoms with Crippen molar-refractivity contribution in [2.24, 2.45) is 5.92 Å². The van der Waals surface area contributed by atoms with Gasteiger partial charge in [0.25, 0.3) is 5.91 Å². The fourth-order valence-electron chi connectivity index (χ4n) is 2.42. The number of carbonyl (C=O) groups is 1. The number of carbonyl (C=O) groups excluding carboxylic acids is 1. The molecule has 1 heterocycles. The number of hydrogen-bond donors (Lipinski definition) is 0.